The van der Waals surface area contributed by atoms with E-state index in [2.05, 4.69) is 47.1 Å². The molecule has 6 heteroatoms. The van der Waals surface area contributed by atoms with Crippen molar-refractivity contribution in [3.63, 3.8) is 0 Å². The molecule has 3 aromatic carbocycles. The van der Waals surface area contributed by atoms with Crippen LogP contribution < -0.4 is 5.43 Å². The van der Waals surface area contributed by atoms with E-state index in [0.717, 1.165) is 39.5 Å². The maximum atomic E-state index is 10.8. The third-order valence-corrected chi connectivity index (χ3v) is 5.18. The van der Waals surface area contributed by atoms with E-state index in [9.17, 15) is 10.1 Å². The normalized spacial score (nSPS) is 11.0. The predicted molar refractivity (Wildman–Crippen MR) is 125 cm³/mol. The Labute approximate surface area is 180 Å². The molecule has 0 amide bonds. The van der Waals surface area contributed by atoms with Gasteiger partial charge in [0.05, 0.1) is 16.8 Å². The van der Waals surface area contributed by atoms with Crippen LogP contribution >= 0.6 is 0 Å². The van der Waals surface area contributed by atoms with Crippen LogP contribution in [0.2, 0.25) is 0 Å². The molecule has 31 heavy (non-hydrogen) atoms. The molecule has 0 aliphatic heterocycles. The Kier molecular flexibility index (Phi) is 5.62. The van der Waals surface area contributed by atoms with Gasteiger partial charge >= 0.3 is 0 Å². The lowest BCUT2D eigenvalue weighted by Gasteiger charge is -2.11. The number of rotatable bonds is 6. The van der Waals surface area contributed by atoms with Crippen LogP contribution in [-0.4, -0.2) is 15.7 Å². The lowest BCUT2D eigenvalue weighted by Crippen LogP contribution is -2.00. The topological polar surface area (TPSA) is 72.5 Å². The van der Waals surface area contributed by atoms with Crippen LogP contribution in [0.4, 0.5) is 11.4 Å². The average molecular weight is 410 g/mol. The number of para-hydroxylation sites is 1. The van der Waals surface area contributed by atoms with Crippen molar-refractivity contribution >= 4 is 17.6 Å². The standard InChI is InChI=1S/C25H22N4O2/c1-18-16-22(17-26-27-23-6-4-3-5-7-23)19(2)28(18)24-12-8-20(9-13-24)21-10-14-25(15-11-21)29(30)31/h3-17,27H,1-2H3/b26-17-. The quantitative estimate of drug-likeness (QED) is 0.237. The smallest absolute Gasteiger partial charge is 0.269 e. The summed E-state index contributed by atoms with van der Waals surface area (Å²) in [4.78, 5) is 10.5. The molecule has 0 aliphatic rings. The Balaban J connectivity index is 1.55. The zero-order valence-corrected chi connectivity index (χ0v) is 17.3. The van der Waals surface area contributed by atoms with Gasteiger partial charge in [0.25, 0.3) is 5.69 Å². The number of nitro groups is 1. The zero-order valence-electron chi connectivity index (χ0n) is 17.3. The van der Waals surface area contributed by atoms with Crippen LogP contribution in [0.25, 0.3) is 16.8 Å². The number of aromatic nitrogens is 1. The van der Waals surface area contributed by atoms with E-state index < -0.39 is 0 Å². The second-order valence-corrected chi connectivity index (χ2v) is 7.25. The summed E-state index contributed by atoms with van der Waals surface area (Å²) < 4.78 is 2.18. The van der Waals surface area contributed by atoms with E-state index in [4.69, 9.17) is 0 Å². The minimum Gasteiger partial charge on any atom is -0.318 e. The van der Waals surface area contributed by atoms with Gasteiger partial charge in [0.1, 0.15) is 0 Å². The molecule has 4 rings (SSSR count). The van der Waals surface area contributed by atoms with Crippen molar-refractivity contribution < 1.29 is 4.92 Å². The summed E-state index contributed by atoms with van der Waals surface area (Å²) in [7, 11) is 0. The maximum absolute atomic E-state index is 10.8. The summed E-state index contributed by atoms with van der Waals surface area (Å²) in [6.07, 6.45) is 1.83. The molecule has 1 heterocycles. The summed E-state index contributed by atoms with van der Waals surface area (Å²) in [6, 6.07) is 26.7. The maximum Gasteiger partial charge on any atom is 0.269 e. The number of nitrogens with zero attached hydrogens (tertiary/aromatic N) is 3. The van der Waals surface area contributed by atoms with Gasteiger partial charge in [-0.2, -0.15) is 5.10 Å². The van der Waals surface area contributed by atoms with Gasteiger partial charge in [-0.15, -0.1) is 0 Å². The number of aryl methyl sites for hydroxylation is 1. The van der Waals surface area contributed by atoms with Crippen LogP contribution in [0, 0.1) is 24.0 Å². The summed E-state index contributed by atoms with van der Waals surface area (Å²) >= 11 is 0. The third-order valence-electron chi connectivity index (χ3n) is 5.18. The van der Waals surface area contributed by atoms with E-state index in [1.54, 1.807) is 12.1 Å². The van der Waals surface area contributed by atoms with Crippen molar-refractivity contribution in [2.24, 2.45) is 5.10 Å². The van der Waals surface area contributed by atoms with Crippen molar-refractivity contribution in [1.29, 1.82) is 0 Å². The van der Waals surface area contributed by atoms with E-state index in [1.807, 2.05) is 48.7 Å². The Morgan fingerprint density at radius 3 is 2.13 bits per heavy atom. The molecule has 0 spiro atoms. The highest BCUT2D eigenvalue weighted by Crippen LogP contribution is 2.25. The number of benzene rings is 3. The van der Waals surface area contributed by atoms with E-state index in [1.165, 1.54) is 12.1 Å². The molecular formula is C25H22N4O2. The summed E-state index contributed by atoms with van der Waals surface area (Å²) in [5.41, 5.74) is 10.3. The molecule has 6 nitrogen and oxygen atoms in total. The van der Waals surface area contributed by atoms with Crippen LogP contribution in [0.5, 0.6) is 0 Å². The summed E-state index contributed by atoms with van der Waals surface area (Å²) in [5.74, 6) is 0. The molecule has 154 valence electrons. The number of nitrogens with one attached hydrogen (secondary N) is 1. The fraction of sp³-hybridized carbons (Fsp3) is 0.0800. The van der Waals surface area contributed by atoms with Gasteiger partial charge in [-0.05, 0) is 67.4 Å². The Morgan fingerprint density at radius 1 is 0.903 bits per heavy atom. The Bertz CT molecular complexity index is 1230. The third kappa shape index (κ3) is 4.38. The first-order chi connectivity index (χ1) is 15.0. The van der Waals surface area contributed by atoms with Crippen molar-refractivity contribution in [3.8, 4) is 16.8 Å². The second kappa shape index (κ2) is 8.67. The fourth-order valence-corrected chi connectivity index (χ4v) is 3.58. The predicted octanol–water partition coefficient (Wildman–Crippen LogP) is 6.12. The SMILES string of the molecule is Cc1cc(/C=N\Nc2ccccc2)c(C)n1-c1ccc(-c2ccc([N+](=O)[O-])cc2)cc1. The Morgan fingerprint density at radius 2 is 1.52 bits per heavy atom. The van der Waals surface area contributed by atoms with Crippen LogP contribution in [0.1, 0.15) is 17.0 Å². The largest absolute Gasteiger partial charge is 0.318 e. The molecule has 0 saturated heterocycles. The first-order valence-corrected chi connectivity index (χ1v) is 9.91. The van der Waals surface area contributed by atoms with Crippen molar-refractivity contribution in [2.75, 3.05) is 5.43 Å². The highest BCUT2D eigenvalue weighted by molar-refractivity contribution is 5.82. The van der Waals surface area contributed by atoms with Gasteiger partial charge in [-0.25, -0.2) is 0 Å². The number of hydrazone groups is 1. The molecule has 0 radical (unpaired) electrons. The van der Waals surface area contributed by atoms with Crippen LogP contribution in [0.3, 0.4) is 0 Å². The van der Waals surface area contributed by atoms with Gasteiger partial charge in [0.2, 0.25) is 0 Å². The molecule has 0 fully saturated rings. The van der Waals surface area contributed by atoms with E-state index in [-0.39, 0.29) is 10.6 Å². The van der Waals surface area contributed by atoms with Gasteiger partial charge in [0, 0.05) is 34.8 Å². The van der Waals surface area contributed by atoms with E-state index in [0.29, 0.717) is 0 Å². The number of anilines is 1. The molecule has 0 unspecified atom stereocenters. The van der Waals surface area contributed by atoms with Gasteiger partial charge in [-0.3, -0.25) is 15.5 Å². The average Bonchev–Trinajstić information content (AvgIpc) is 3.07. The zero-order chi connectivity index (χ0) is 21.8. The lowest BCUT2D eigenvalue weighted by atomic mass is 10.0. The van der Waals surface area contributed by atoms with Crippen LogP contribution in [0.15, 0.2) is 90.0 Å². The summed E-state index contributed by atoms with van der Waals surface area (Å²) in [5, 5.41) is 15.2. The molecule has 0 bridgehead atoms. The van der Waals surface area contributed by atoms with E-state index >= 15 is 0 Å². The number of non-ortho nitro benzene ring substituents is 1. The molecule has 0 aliphatic carbocycles. The molecule has 1 aromatic heterocycles. The lowest BCUT2D eigenvalue weighted by molar-refractivity contribution is -0.384. The molecular weight excluding hydrogens is 388 g/mol. The Hall–Kier alpha value is -4.19. The monoisotopic (exact) mass is 410 g/mol. The molecule has 0 atom stereocenters. The van der Waals surface area contributed by atoms with Crippen LogP contribution in [-0.2, 0) is 0 Å². The minimum absolute atomic E-state index is 0.0925. The second-order valence-electron chi connectivity index (χ2n) is 7.25. The highest BCUT2D eigenvalue weighted by atomic mass is 16.6. The number of hydrogen-bond acceptors (Lipinski definition) is 4. The molecule has 4 aromatic rings. The molecule has 1 N–H and O–H groups in total. The minimum atomic E-state index is -0.388. The number of nitro benzene ring substituents is 1. The summed E-state index contributed by atoms with van der Waals surface area (Å²) in [6.45, 7) is 4.14. The highest BCUT2D eigenvalue weighted by Gasteiger charge is 2.10. The van der Waals surface area contributed by atoms with Gasteiger partial charge in [0.15, 0.2) is 0 Å². The van der Waals surface area contributed by atoms with Gasteiger partial charge in [-0.1, -0.05) is 30.3 Å². The van der Waals surface area contributed by atoms with Crippen molar-refractivity contribution in [2.45, 2.75) is 13.8 Å². The first kappa shape index (κ1) is 20.1. The first-order valence-electron chi connectivity index (χ1n) is 9.91. The van der Waals surface area contributed by atoms with Crippen molar-refractivity contribution in [1.82, 2.24) is 4.57 Å². The fourth-order valence-electron chi connectivity index (χ4n) is 3.58. The van der Waals surface area contributed by atoms with Gasteiger partial charge < -0.3 is 4.57 Å². The molecule has 0 saturated carbocycles. The van der Waals surface area contributed by atoms with Crippen molar-refractivity contribution in [3.05, 3.63) is 112 Å². The number of hydrogen-bond donors (Lipinski definition) is 1.